The smallest absolute Gasteiger partial charge is 0.337 e. The number of nitrogens with zero attached hydrogens (tertiary/aromatic N) is 1. The molecule has 0 saturated heterocycles. The number of allylic oxidation sites excluding steroid dienone is 1. The van der Waals surface area contributed by atoms with E-state index in [2.05, 4.69) is 66.3 Å². The summed E-state index contributed by atoms with van der Waals surface area (Å²) in [5, 5.41) is 19.9. The van der Waals surface area contributed by atoms with Gasteiger partial charge in [0.25, 0.3) is 0 Å². The van der Waals surface area contributed by atoms with Crippen LogP contribution in [-0.4, -0.2) is 49.9 Å². The number of nitrogens with one attached hydrogen (secondary N) is 3. The summed E-state index contributed by atoms with van der Waals surface area (Å²) in [6.45, 7) is 3.70. The fourth-order valence-electron chi connectivity index (χ4n) is 4.38. The molecule has 2 atom stereocenters. The third kappa shape index (κ3) is 8.97. The Balaban J connectivity index is 1.37. The summed E-state index contributed by atoms with van der Waals surface area (Å²) in [6.07, 6.45) is 0.396. The number of ether oxygens (including phenoxy) is 4. The lowest BCUT2D eigenvalue weighted by atomic mass is 9.95. The van der Waals surface area contributed by atoms with Gasteiger partial charge in [-0.25, -0.2) is 14.0 Å². The topological polar surface area (TPSA) is 140 Å². The molecule has 0 fully saturated rings. The monoisotopic (exact) mass is 844 g/mol. The highest BCUT2D eigenvalue weighted by molar-refractivity contribution is 14.1. The van der Waals surface area contributed by atoms with Crippen LogP contribution in [0.4, 0.5) is 9.18 Å². The van der Waals surface area contributed by atoms with E-state index in [1.54, 1.807) is 49.5 Å². The standard InChI is InChI=1S/C31H31FI2N4O7/c1-4-43-25-13-19(28-27(30(40)42-3)17(2)36-31(41)37-28)9-10-24(25)44-16-26(39)38-35-14-18-11-22(33)29(23(34)12-18)45-15-20-7-5-6-8-21(20)32/h5-14,26,28,38-39H,4,15-16H2,1-3H3,(H2,36,37,41)/b35-14-/t26-,28-/m0/s1. The predicted octanol–water partition coefficient (Wildman–Crippen LogP) is 5.13. The van der Waals surface area contributed by atoms with E-state index in [1.807, 2.05) is 19.1 Å². The van der Waals surface area contributed by atoms with Crippen molar-refractivity contribution in [2.24, 2.45) is 5.10 Å². The van der Waals surface area contributed by atoms with Crippen LogP contribution in [-0.2, 0) is 16.1 Å². The fourth-order valence-corrected chi connectivity index (χ4v) is 6.50. The van der Waals surface area contributed by atoms with Gasteiger partial charge < -0.3 is 34.7 Å². The molecule has 0 radical (unpaired) electrons. The van der Waals surface area contributed by atoms with Crippen molar-refractivity contribution in [1.82, 2.24) is 16.1 Å². The van der Waals surface area contributed by atoms with Gasteiger partial charge in [-0.1, -0.05) is 24.3 Å². The van der Waals surface area contributed by atoms with Crippen LogP contribution < -0.4 is 30.3 Å². The van der Waals surface area contributed by atoms with E-state index in [-0.39, 0.29) is 24.6 Å². The number of carbonyl (C=O) groups is 2. The van der Waals surface area contributed by atoms with Crippen molar-refractivity contribution in [2.75, 3.05) is 20.3 Å². The number of amides is 2. The van der Waals surface area contributed by atoms with Gasteiger partial charge in [-0.05, 0) is 100 Å². The molecular weight excluding hydrogens is 813 g/mol. The van der Waals surface area contributed by atoms with Gasteiger partial charge in [0.15, 0.2) is 17.7 Å². The third-order valence-electron chi connectivity index (χ3n) is 6.46. The summed E-state index contributed by atoms with van der Waals surface area (Å²) in [6, 6.07) is 14.0. The van der Waals surface area contributed by atoms with Gasteiger partial charge in [0.2, 0.25) is 0 Å². The van der Waals surface area contributed by atoms with E-state index in [0.29, 0.717) is 40.7 Å². The van der Waals surface area contributed by atoms with Crippen molar-refractivity contribution >= 4 is 63.4 Å². The summed E-state index contributed by atoms with van der Waals surface area (Å²) in [7, 11) is 1.27. The SMILES string of the molecule is CCOc1cc([C@@H]2NC(=O)NC(C)=C2C(=O)OC)ccc1OC[C@H](O)N/N=C\c1cc(I)c(OCc2ccccc2F)c(I)c1. The van der Waals surface area contributed by atoms with Crippen LogP contribution in [0.1, 0.15) is 36.6 Å². The maximum Gasteiger partial charge on any atom is 0.337 e. The Labute approximate surface area is 286 Å². The zero-order chi connectivity index (χ0) is 32.5. The summed E-state index contributed by atoms with van der Waals surface area (Å²) in [5.41, 5.74) is 5.09. The summed E-state index contributed by atoms with van der Waals surface area (Å²) < 4.78 is 37.9. The van der Waals surface area contributed by atoms with E-state index < -0.39 is 24.3 Å². The number of aliphatic hydroxyl groups excluding tert-OH is 1. The largest absolute Gasteiger partial charge is 0.490 e. The second-order valence-electron chi connectivity index (χ2n) is 9.61. The molecule has 0 spiro atoms. The molecule has 11 nitrogen and oxygen atoms in total. The summed E-state index contributed by atoms with van der Waals surface area (Å²) in [4.78, 5) is 24.6. The number of rotatable bonds is 13. The van der Waals surface area contributed by atoms with Crippen LogP contribution in [0, 0.1) is 13.0 Å². The lowest BCUT2D eigenvalue weighted by Crippen LogP contribution is -2.45. The number of urea groups is 1. The molecule has 0 aliphatic carbocycles. The van der Waals surface area contributed by atoms with Gasteiger partial charge in [-0.3, -0.25) is 5.43 Å². The number of hydrogen-bond donors (Lipinski definition) is 4. The van der Waals surface area contributed by atoms with Gasteiger partial charge in [0, 0.05) is 11.3 Å². The van der Waals surface area contributed by atoms with Crippen LogP contribution in [0.25, 0.3) is 0 Å². The molecule has 0 aromatic heterocycles. The maximum atomic E-state index is 14.0. The third-order valence-corrected chi connectivity index (χ3v) is 8.06. The zero-order valence-electron chi connectivity index (χ0n) is 24.5. The number of hydrogen-bond acceptors (Lipinski definition) is 9. The Morgan fingerprint density at radius 3 is 2.53 bits per heavy atom. The van der Waals surface area contributed by atoms with E-state index in [4.69, 9.17) is 18.9 Å². The molecule has 0 saturated carbocycles. The number of benzene rings is 3. The first-order valence-corrected chi connectivity index (χ1v) is 15.8. The minimum Gasteiger partial charge on any atom is -0.490 e. The molecule has 1 aliphatic heterocycles. The van der Waals surface area contributed by atoms with Crippen molar-refractivity contribution in [1.29, 1.82) is 0 Å². The molecule has 238 valence electrons. The average Bonchev–Trinajstić information content (AvgIpc) is 3.00. The molecule has 4 N–H and O–H groups in total. The Morgan fingerprint density at radius 1 is 1.11 bits per heavy atom. The van der Waals surface area contributed by atoms with Crippen LogP contribution in [0.3, 0.4) is 0 Å². The first-order valence-electron chi connectivity index (χ1n) is 13.7. The van der Waals surface area contributed by atoms with E-state index in [0.717, 1.165) is 12.7 Å². The van der Waals surface area contributed by atoms with Gasteiger partial charge in [-0.2, -0.15) is 5.10 Å². The van der Waals surface area contributed by atoms with E-state index in [9.17, 15) is 19.1 Å². The van der Waals surface area contributed by atoms with Crippen molar-refractivity contribution in [3.63, 3.8) is 0 Å². The minimum atomic E-state index is -1.16. The van der Waals surface area contributed by atoms with Gasteiger partial charge in [0.1, 0.15) is 24.8 Å². The second-order valence-corrected chi connectivity index (χ2v) is 11.9. The molecule has 1 aliphatic rings. The van der Waals surface area contributed by atoms with Crippen LogP contribution in [0.5, 0.6) is 17.2 Å². The number of halogens is 3. The lowest BCUT2D eigenvalue weighted by Gasteiger charge is -2.28. The number of esters is 1. The quantitative estimate of drug-likeness (QED) is 0.0611. The zero-order valence-corrected chi connectivity index (χ0v) is 28.8. The first kappa shape index (κ1) is 34.2. The normalized spacial score (nSPS) is 15.3. The lowest BCUT2D eigenvalue weighted by molar-refractivity contribution is -0.136. The fraction of sp³-hybridized carbons (Fsp3) is 0.258. The Morgan fingerprint density at radius 2 is 1.84 bits per heavy atom. The molecule has 3 aromatic rings. The summed E-state index contributed by atoms with van der Waals surface area (Å²) >= 11 is 4.29. The highest BCUT2D eigenvalue weighted by atomic mass is 127. The second kappa shape index (κ2) is 16.1. The van der Waals surface area contributed by atoms with Gasteiger partial charge >= 0.3 is 12.0 Å². The van der Waals surface area contributed by atoms with Crippen LogP contribution in [0.2, 0.25) is 0 Å². The first-order chi connectivity index (χ1) is 21.6. The number of carbonyl (C=O) groups excluding carboxylic acids is 2. The molecule has 4 rings (SSSR count). The van der Waals surface area contributed by atoms with E-state index in [1.165, 1.54) is 13.2 Å². The van der Waals surface area contributed by atoms with Crippen molar-refractivity contribution < 1.29 is 38.0 Å². The molecule has 3 aromatic carbocycles. The molecule has 0 unspecified atom stereocenters. The maximum absolute atomic E-state index is 14.0. The average molecular weight is 844 g/mol. The van der Waals surface area contributed by atoms with Crippen LogP contribution >= 0.6 is 45.2 Å². The van der Waals surface area contributed by atoms with Gasteiger partial charge in [-0.15, -0.1) is 0 Å². The number of methoxy groups -OCH3 is 1. The Kier molecular flexibility index (Phi) is 12.2. The summed E-state index contributed by atoms with van der Waals surface area (Å²) in [5.74, 6) is 0.457. The van der Waals surface area contributed by atoms with Crippen molar-refractivity contribution in [3.8, 4) is 17.2 Å². The molecular formula is C31H31FI2N4O7. The Bertz CT molecular complexity index is 1600. The minimum absolute atomic E-state index is 0.105. The van der Waals surface area contributed by atoms with Gasteiger partial charge in [0.05, 0.1) is 38.7 Å². The van der Waals surface area contributed by atoms with Crippen LogP contribution in [0.15, 0.2) is 71.0 Å². The molecule has 14 heteroatoms. The molecule has 2 amide bonds. The highest BCUT2D eigenvalue weighted by Gasteiger charge is 2.32. The molecule has 1 heterocycles. The number of aliphatic hydroxyl groups is 1. The van der Waals surface area contributed by atoms with Crippen molar-refractivity contribution in [3.05, 3.63) is 95.5 Å². The molecule has 45 heavy (non-hydrogen) atoms. The van der Waals surface area contributed by atoms with Crippen molar-refractivity contribution in [2.45, 2.75) is 32.7 Å². The predicted molar refractivity (Wildman–Crippen MR) is 182 cm³/mol. The number of hydrazone groups is 1. The highest BCUT2D eigenvalue weighted by Crippen LogP contribution is 2.35. The molecule has 0 bridgehead atoms. The van der Waals surface area contributed by atoms with E-state index >= 15 is 0 Å². The Hall–Kier alpha value is -3.64.